The molecule has 0 aliphatic carbocycles. The molecule has 0 amide bonds. The Morgan fingerprint density at radius 3 is 2.11 bits per heavy atom. The van der Waals surface area contributed by atoms with Crippen LogP contribution in [0.2, 0.25) is 5.15 Å². The molecule has 7 nitrogen and oxygen atoms in total. The first-order chi connectivity index (χ1) is 13.4. The minimum absolute atomic E-state index is 0.150. The van der Waals surface area contributed by atoms with Crippen LogP contribution in [0.15, 0.2) is 41.2 Å². The van der Waals surface area contributed by atoms with Crippen molar-refractivity contribution in [3.8, 4) is 11.5 Å². The SMILES string of the molecule is COc1ccc2[nH]c(=O)c(C)nc2c1.COc1ccc2nc(C)c(Cl)nc2c1. The van der Waals surface area contributed by atoms with E-state index in [1.54, 1.807) is 39.3 Å². The second-order valence-electron chi connectivity index (χ2n) is 5.99. The summed E-state index contributed by atoms with van der Waals surface area (Å²) < 4.78 is 10.1. The average molecular weight is 399 g/mol. The van der Waals surface area contributed by atoms with Crippen LogP contribution in [0, 0.1) is 13.8 Å². The largest absolute Gasteiger partial charge is 0.497 e. The summed E-state index contributed by atoms with van der Waals surface area (Å²) in [4.78, 5) is 26.6. The third-order valence-electron chi connectivity index (χ3n) is 4.06. The summed E-state index contributed by atoms with van der Waals surface area (Å²) in [5, 5.41) is 0.436. The molecular weight excluding hydrogens is 380 g/mol. The Bertz CT molecular complexity index is 1210. The lowest BCUT2D eigenvalue weighted by Gasteiger charge is -2.03. The van der Waals surface area contributed by atoms with E-state index in [1.807, 2.05) is 25.1 Å². The molecule has 0 unspecified atom stereocenters. The maximum atomic E-state index is 11.2. The van der Waals surface area contributed by atoms with E-state index in [9.17, 15) is 4.79 Å². The molecule has 144 valence electrons. The fraction of sp³-hybridized carbons (Fsp3) is 0.200. The van der Waals surface area contributed by atoms with Gasteiger partial charge in [0.05, 0.1) is 42.0 Å². The highest BCUT2D eigenvalue weighted by Gasteiger charge is 2.03. The summed E-state index contributed by atoms with van der Waals surface area (Å²) in [5.74, 6) is 1.49. The third kappa shape index (κ3) is 4.20. The molecule has 0 aliphatic rings. The van der Waals surface area contributed by atoms with Gasteiger partial charge in [0, 0.05) is 12.1 Å². The minimum Gasteiger partial charge on any atom is -0.497 e. The van der Waals surface area contributed by atoms with Crippen LogP contribution in [-0.2, 0) is 0 Å². The Morgan fingerprint density at radius 2 is 1.43 bits per heavy atom. The van der Waals surface area contributed by atoms with Crippen LogP contribution in [0.5, 0.6) is 11.5 Å². The standard InChI is InChI=1S/C10H9ClN2O.C10H10N2O2/c1-6-10(11)13-9-5-7(14-2)3-4-8(9)12-6;1-6-10(13)12-8-4-3-7(14-2)5-9(8)11-6/h3-5H,1-2H3;3-5H,1-2H3,(H,12,13). The van der Waals surface area contributed by atoms with Crippen LogP contribution in [0.3, 0.4) is 0 Å². The molecule has 28 heavy (non-hydrogen) atoms. The summed E-state index contributed by atoms with van der Waals surface area (Å²) >= 11 is 5.87. The van der Waals surface area contributed by atoms with Crippen molar-refractivity contribution in [2.24, 2.45) is 0 Å². The van der Waals surface area contributed by atoms with Crippen molar-refractivity contribution in [3.05, 3.63) is 63.3 Å². The van der Waals surface area contributed by atoms with Gasteiger partial charge >= 0.3 is 0 Å². The zero-order chi connectivity index (χ0) is 20.3. The molecule has 0 fully saturated rings. The second-order valence-corrected chi connectivity index (χ2v) is 6.35. The van der Waals surface area contributed by atoms with Crippen molar-refractivity contribution < 1.29 is 9.47 Å². The molecule has 4 rings (SSSR count). The molecule has 2 heterocycles. The first kappa shape index (κ1) is 19.6. The van der Waals surface area contributed by atoms with E-state index in [0.717, 1.165) is 39.3 Å². The lowest BCUT2D eigenvalue weighted by Crippen LogP contribution is -2.11. The smallest absolute Gasteiger partial charge is 0.269 e. The van der Waals surface area contributed by atoms with Crippen molar-refractivity contribution in [2.45, 2.75) is 13.8 Å². The highest BCUT2D eigenvalue weighted by Crippen LogP contribution is 2.20. The van der Waals surface area contributed by atoms with Crippen molar-refractivity contribution >= 4 is 33.7 Å². The summed E-state index contributed by atoms with van der Waals surface area (Å²) in [6, 6.07) is 10.9. The molecule has 0 saturated heterocycles. The first-order valence-electron chi connectivity index (χ1n) is 8.44. The molecule has 0 aliphatic heterocycles. The van der Waals surface area contributed by atoms with E-state index in [1.165, 1.54) is 0 Å². The molecular formula is C20H19ClN4O3. The monoisotopic (exact) mass is 398 g/mol. The van der Waals surface area contributed by atoms with Gasteiger partial charge in [0.1, 0.15) is 17.2 Å². The molecule has 0 saturated carbocycles. The Kier molecular flexibility index (Phi) is 5.75. The van der Waals surface area contributed by atoms with E-state index in [2.05, 4.69) is 19.9 Å². The van der Waals surface area contributed by atoms with E-state index >= 15 is 0 Å². The van der Waals surface area contributed by atoms with Gasteiger partial charge in [-0.05, 0) is 38.1 Å². The molecule has 2 aromatic carbocycles. The summed E-state index contributed by atoms with van der Waals surface area (Å²) in [6.07, 6.45) is 0. The number of fused-ring (bicyclic) bond motifs is 2. The number of halogens is 1. The highest BCUT2D eigenvalue weighted by atomic mass is 35.5. The van der Waals surface area contributed by atoms with Crippen LogP contribution in [0.4, 0.5) is 0 Å². The Balaban J connectivity index is 0.000000161. The Morgan fingerprint density at radius 1 is 0.821 bits per heavy atom. The number of hydrogen-bond acceptors (Lipinski definition) is 6. The topological polar surface area (TPSA) is 90.0 Å². The van der Waals surface area contributed by atoms with Gasteiger partial charge in [0.2, 0.25) is 0 Å². The molecule has 8 heteroatoms. The number of hydrogen-bond donors (Lipinski definition) is 1. The number of H-pyrrole nitrogens is 1. The number of aromatic amines is 1. The fourth-order valence-corrected chi connectivity index (χ4v) is 2.64. The molecule has 0 spiro atoms. The normalized spacial score (nSPS) is 10.5. The number of aryl methyl sites for hydroxylation is 2. The average Bonchev–Trinajstić information content (AvgIpc) is 2.69. The van der Waals surface area contributed by atoms with Crippen LogP contribution < -0.4 is 15.0 Å². The molecule has 0 atom stereocenters. The third-order valence-corrected chi connectivity index (χ3v) is 4.42. The first-order valence-corrected chi connectivity index (χ1v) is 8.81. The lowest BCUT2D eigenvalue weighted by molar-refractivity contribution is 0.415. The number of nitrogens with zero attached hydrogens (tertiary/aromatic N) is 3. The molecule has 1 N–H and O–H groups in total. The van der Waals surface area contributed by atoms with Gasteiger partial charge in [0.15, 0.2) is 5.15 Å². The zero-order valence-electron chi connectivity index (χ0n) is 15.9. The quantitative estimate of drug-likeness (QED) is 0.551. The molecule has 2 aromatic heterocycles. The van der Waals surface area contributed by atoms with Gasteiger partial charge in [0.25, 0.3) is 5.56 Å². The van der Waals surface area contributed by atoms with E-state index in [4.69, 9.17) is 21.1 Å². The van der Waals surface area contributed by atoms with Gasteiger partial charge in [-0.2, -0.15) is 0 Å². The van der Waals surface area contributed by atoms with Crippen LogP contribution in [0.1, 0.15) is 11.4 Å². The van der Waals surface area contributed by atoms with Gasteiger partial charge in [-0.1, -0.05) is 11.6 Å². The van der Waals surface area contributed by atoms with Crippen LogP contribution >= 0.6 is 11.6 Å². The minimum atomic E-state index is -0.150. The number of rotatable bonds is 2. The summed E-state index contributed by atoms with van der Waals surface area (Å²) in [6.45, 7) is 3.51. The second kappa shape index (κ2) is 8.22. The lowest BCUT2D eigenvalue weighted by atomic mass is 10.3. The van der Waals surface area contributed by atoms with Crippen molar-refractivity contribution in [3.63, 3.8) is 0 Å². The molecule has 4 aromatic rings. The fourth-order valence-electron chi connectivity index (χ4n) is 2.51. The maximum Gasteiger partial charge on any atom is 0.269 e. The van der Waals surface area contributed by atoms with Crippen LogP contribution in [0.25, 0.3) is 22.1 Å². The molecule has 0 bridgehead atoms. The van der Waals surface area contributed by atoms with Gasteiger partial charge in [-0.3, -0.25) is 4.79 Å². The van der Waals surface area contributed by atoms with Gasteiger partial charge < -0.3 is 14.5 Å². The van der Waals surface area contributed by atoms with Gasteiger partial charge in [-0.25, -0.2) is 15.0 Å². The zero-order valence-corrected chi connectivity index (χ0v) is 16.7. The van der Waals surface area contributed by atoms with E-state index in [-0.39, 0.29) is 5.56 Å². The van der Waals surface area contributed by atoms with Crippen LogP contribution in [-0.4, -0.2) is 34.2 Å². The Labute approximate surface area is 166 Å². The number of nitrogens with one attached hydrogen (secondary N) is 1. The predicted molar refractivity (Wildman–Crippen MR) is 109 cm³/mol. The van der Waals surface area contributed by atoms with Crippen molar-refractivity contribution in [1.29, 1.82) is 0 Å². The number of methoxy groups -OCH3 is 2. The Hall–Kier alpha value is -3.19. The van der Waals surface area contributed by atoms with Gasteiger partial charge in [-0.15, -0.1) is 0 Å². The summed E-state index contributed by atoms with van der Waals surface area (Å²) in [5.41, 5.74) is 4.09. The van der Waals surface area contributed by atoms with Crippen molar-refractivity contribution in [2.75, 3.05) is 14.2 Å². The summed E-state index contributed by atoms with van der Waals surface area (Å²) in [7, 11) is 3.21. The highest BCUT2D eigenvalue weighted by molar-refractivity contribution is 6.30. The molecule has 0 radical (unpaired) electrons. The maximum absolute atomic E-state index is 11.2. The van der Waals surface area contributed by atoms with E-state index in [0.29, 0.717) is 10.8 Å². The number of benzene rings is 2. The van der Waals surface area contributed by atoms with E-state index < -0.39 is 0 Å². The number of aromatic nitrogens is 4. The van der Waals surface area contributed by atoms with Crippen molar-refractivity contribution in [1.82, 2.24) is 19.9 Å². The predicted octanol–water partition coefficient (Wildman–Crippen LogP) is 3.84. The number of ether oxygens (including phenoxy) is 2.